The zero-order chi connectivity index (χ0) is 11.5. The smallest absolute Gasteiger partial charge is 0.222 e. The van der Waals surface area contributed by atoms with Crippen molar-refractivity contribution >= 4 is 23.1 Å². The van der Waals surface area contributed by atoms with E-state index in [9.17, 15) is 4.39 Å². The summed E-state index contributed by atoms with van der Waals surface area (Å²) in [7, 11) is 0. The van der Waals surface area contributed by atoms with E-state index in [0.29, 0.717) is 6.54 Å². The van der Waals surface area contributed by atoms with Crippen LogP contribution in [0.2, 0.25) is 0 Å². The SMILES string of the molecule is Cc1cnc(CNc2nc(N)ncc2F)s1. The number of anilines is 2. The number of nitrogen functional groups attached to an aromatic ring is 1. The second-order valence-electron chi connectivity index (χ2n) is 3.14. The third-order valence-corrected chi connectivity index (χ3v) is 2.75. The fourth-order valence-corrected chi connectivity index (χ4v) is 1.87. The molecule has 0 bridgehead atoms. The topological polar surface area (TPSA) is 76.7 Å². The molecule has 2 aromatic rings. The molecule has 0 aliphatic carbocycles. The van der Waals surface area contributed by atoms with Gasteiger partial charge in [-0.2, -0.15) is 4.98 Å². The molecule has 0 saturated heterocycles. The number of nitrogens with two attached hydrogens (primary N) is 1. The number of nitrogens with zero attached hydrogens (tertiary/aromatic N) is 3. The minimum atomic E-state index is -0.525. The lowest BCUT2D eigenvalue weighted by molar-refractivity contribution is 0.617. The molecule has 0 fully saturated rings. The molecule has 0 spiro atoms. The fraction of sp³-hybridized carbons (Fsp3) is 0.222. The van der Waals surface area contributed by atoms with Crippen LogP contribution in [0, 0.1) is 12.7 Å². The first-order valence-corrected chi connectivity index (χ1v) is 5.40. The molecule has 2 aromatic heterocycles. The summed E-state index contributed by atoms with van der Waals surface area (Å²) < 4.78 is 13.2. The Bertz CT molecular complexity index is 498. The minimum Gasteiger partial charge on any atom is -0.368 e. The van der Waals surface area contributed by atoms with Crippen LogP contribution in [0.3, 0.4) is 0 Å². The number of nitrogens with one attached hydrogen (secondary N) is 1. The molecule has 0 unspecified atom stereocenters. The van der Waals surface area contributed by atoms with Crippen LogP contribution in [0.5, 0.6) is 0 Å². The third-order valence-electron chi connectivity index (χ3n) is 1.84. The summed E-state index contributed by atoms with van der Waals surface area (Å²) in [5.41, 5.74) is 5.36. The highest BCUT2D eigenvalue weighted by atomic mass is 32.1. The van der Waals surface area contributed by atoms with Gasteiger partial charge in [-0.25, -0.2) is 14.4 Å². The van der Waals surface area contributed by atoms with E-state index in [-0.39, 0.29) is 11.8 Å². The molecule has 0 aliphatic rings. The fourth-order valence-electron chi connectivity index (χ4n) is 1.15. The predicted molar refractivity (Wildman–Crippen MR) is 60.6 cm³/mol. The number of aryl methyl sites for hydroxylation is 1. The molecule has 2 heterocycles. The average Bonchev–Trinajstić information content (AvgIpc) is 2.66. The van der Waals surface area contributed by atoms with Gasteiger partial charge in [0.25, 0.3) is 0 Å². The van der Waals surface area contributed by atoms with Crippen molar-refractivity contribution in [3.63, 3.8) is 0 Å². The Hall–Kier alpha value is -1.76. The van der Waals surface area contributed by atoms with Gasteiger partial charge in [0.05, 0.1) is 12.7 Å². The van der Waals surface area contributed by atoms with Crippen LogP contribution in [-0.4, -0.2) is 15.0 Å². The normalized spacial score (nSPS) is 10.4. The van der Waals surface area contributed by atoms with E-state index in [1.165, 1.54) is 0 Å². The highest BCUT2D eigenvalue weighted by molar-refractivity contribution is 7.11. The van der Waals surface area contributed by atoms with Gasteiger partial charge in [-0.1, -0.05) is 0 Å². The molecule has 0 radical (unpaired) electrons. The van der Waals surface area contributed by atoms with Crippen molar-refractivity contribution in [2.45, 2.75) is 13.5 Å². The number of aromatic nitrogens is 3. The largest absolute Gasteiger partial charge is 0.368 e. The molecule has 0 aliphatic heterocycles. The van der Waals surface area contributed by atoms with E-state index in [0.717, 1.165) is 16.1 Å². The Balaban J connectivity index is 2.07. The Morgan fingerprint density at radius 3 is 2.94 bits per heavy atom. The van der Waals surface area contributed by atoms with Crippen LogP contribution in [0.25, 0.3) is 0 Å². The van der Waals surface area contributed by atoms with Gasteiger partial charge in [-0.15, -0.1) is 11.3 Å². The second kappa shape index (κ2) is 4.40. The van der Waals surface area contributed by atoms with Gasteiger partial charge in [-0.3, -0.25) is 0 Å². The zero-order valence-corrected chi connectivity index (χ0v) is 9.38. The lowest BCUT2D eigenvalue weighted by Crippen LogP contribution is -2.06. The van der Waals surface area contributed by atoms with Crippen LogP contribution >= 0.6 is 11.3 Å². The van der Waals surface area contributed by atoms with Crippen LogP contribution in [0.1, 0.15) is 9.88 Å². The number of thiazole rings is 1. The number of rotatable bonds is 3. The number of hydrogen-bond acceptors (Lipinski definition) is 6. The van der Waals surface area contributed by atoms with Gasteiger partial charge in [0.15, 0.2) is 11.6 Å². The summed E-state index contributed by atoms with van der Waals surface area (Å²) in [6, 6.07) is 0. The molecular formula is C9H10FN5S. The molecule has 16 heavy (non-hydrogen) atoms. The predicted octanol–water partition coefficient (Wildman–Crippen LogP) is 1.57. The van der Waals surface area contributed by atoms with Gasteiger partial charge in [0.1, 0.15) is 5.01 Å². The van der Waals surface area contributed by atoms with Crippen LogP contribution < -0.4 is 11.1 Å². The van der Waals surface area contributed by atoms with Crippen molar-refractivity contribution < 1.29 is 4.39 Å². The molecule has 84 valence electrons. The third kappa shape index (κ3) is 2.43. The van der Waals surface area contributed by atoms with Crippen LogP contribution in [0.15, 0.2) is 12.4 Å². The minimum absolute atomic E-state index is 0.0409. The molecule has 2 rings (SSSR count). The quantitative estimate of drug-likeness (QED) is 0.850. The van der Waals surface area contributed by atoms with Crippen molar-refractivity contribution in [1.82, 2.24) is 15.0 Å². The molecule has 0 atom stereocenters. The number of halogens is 1. The van der Waals surface area contributed by atoms with Crippen molar-refractivity contribution in [3.8, 4) is 0 Å². The van der Waals surface area contributed by atoms with E-state index in [4.69, 9.17) is 5.73 Å². The molecule has 3 N–H and O–H groups in total. The maximum absolute atomic E-state index is 13.2. The van der Waals surface area contributed by atoms with Gasteiger partial charge < -0.3 is 11.1 Å². The Morgan fingerprint density at radius 1 is 1.44 bits per heavy atom. The monoisotopic (exact) mass is 239 g/mol. The summed E-state index contributed by atoms with van der Waals surface area (Å²) in [5.74, 6) is -0.387. The molecule has 0 amide bonds. The highest BCUT2D eigenvalue weighted by Gasteiger charge is 2.06. The molecule has 5 nitrogen and oxygen atoms in total. The average molecular weight is 239 g/mol. The summed E-state index contributed by atoms with van der Waals surface area (Å²) >= 11 is 1.55. The molecular weight excluding hydrogens is 229 g/mol. The first-order valence-electron chi connectivity index (χ1n) is 4.58. The van der Waals surface area contributed by atoms with E-state index in [1.807, 2.05) is 6.92 Å². The van der Waals surface area contributed by atoms with Crippen molar-refractivity contribution in [1.29, 1.82) is 0 Å². The van der Waals surface area contributed by atoms with Crippen molar-refractivity contribution in [2.75, 3.05) is 11.1 Å². The van der Waals surface area contributed by atoms with Gasteiger partial charge in [-0.05, 0) is 6.92 Å². The highest BCUT2D eigenvalue weighted by Crippen LogP contribution is 2.15. The Kier molecular flexibility index (Phi) is 2.95. The standard InChI is InChI=1S/C9H10FN5S/c1-5-2-12-7(16-5)4-13-8-6(10)3-14-9(11)15-8/h2-3H,4H2,1H3,(H3,11,13,14,15). The van der Waals surface area contributed by atoms with Crippen LogP contribution in [0.4, 0.5) is 16.2 Å². The lowest BCUT2D eigenvalue weighted by atomic mass is 10.5. The molecule has 7 heteroatoms. The van der Waals surface area contributed by atoms with E-state index in [2.05, 4.69) is 20.3 Å². The first-order chi connectivity index (χ1) is 7.65. The van der Waals surface area contributed by atoms with Crippen molar-refractivity contribution in [3.05, 3.63) is 28.1 Å². The molecule has 0 aromatic carbocycles. The van der Waals surface area contributed by atoms with Gasteiger partial charge >= 0.3 is 0 Å². The van der Waals surface area contributed by atoms with Crippen molar-refractivity contribution in [2.24, 2.45) is 0 Å². The van der Waals surface area contributed by atoms with E-state index >= 15 is 0 Å². The Morgan fingerprint density at radius 2 is 2.25 bits per heavy atom. The van der Waals surface area contributed by atoms with E-state index < -0.39 is 5.82 Å². The number of hydrogen-bond donors (Lipinski definition) is 2. The summed E-state index contributed by atoms with van der Waals surface area (Å²) in [4.78, 5) is 12.5. The van der Waals surface area contributed by atoms with E-state index in [1.54, 1.807) is 17.5 Å². The van der Waals surface area contributed by atoms with Gasteiger partial charge in [0, 0.05) is 11.1 Å². The molecule has 0 saturated carbocycles. The lowest BCUT2D eigenvalue weighted by Gasteiger charge is -2.04. The van der Waals surface area contributed by atoms with Gasteiger partial charge in [0.2, 0.25) is 5.95 Å². The summed E-state index contributed by atoms with van der Waals surface area (Å²) in [6.45, 7) is 2.39. The summed E-state index contributed by atoms with van der Waals surface area (Å²) in [6.07, 6.45) is 2.81. The van der Waals surface area contributed by atoms with Crippen LogP contribution in [-0.2, 0) is 6.54 Å². The maximum Gasteiger partial charge on any atom is 0.222 e. The second-order valence-corrected chi connectivity index (χ2v) is 4.46. The first kappa shape index (κ1) is 10.7. The zero-order valence-electron chi connectivity index (χ0n) is 8.57. The summed E-state index contributed by atoms with van der Waals surface area (Å²) in [5, 5.41) is 3.69. The maximum atomic E-state index is 13.2. The Labute approximate surface area is 95.6 Å².